The second kappa shape index (κ2) is 9.68. The van der Waals surface area contributed by atoms with Gasteiger partial charge in [0.2, 0.25) is 5.91 Å². The minimum atomic E-state index is -1.24. The fourth-order valence-corrected chi connectivity index (χ4v) is 2.09. The number of rotatable bonds is 10. The molecule has 0 heterocycles. The van der Waals surface area contributed by atoms with Crippen molar-refractivity contribution in [3.05, 3.63) is 18.2 Å². The number of nitrogens with one attached hydrogen (secondary N) is 1. The molecule has 1 amide bonds. The quantitative estimate of drug-likeness (QED) is 0.565. The van der Waals surface area contributed by atoms with Crippen molar-refractivity contribution in [1.82, 2.24) is 0 Å². The Labute approximate surface area is 136 Å². The minimum absolute atomic E-state index is 0.165. The van der Waals surface area contributed by atoms with E-state index >= 15 is 0 Å². The lowest BCUT2D eigenvalue weighted by Crippen LogP contribution is -2.93. The van der Waals surface area contributed by atoms with Gasteiger partial charge in [-0.1, -0.05) is 13.3 Å². The summed E-state index contributed by atoms with van der Waals surface area (Å²) in [4.78, 5) is 23.2. The molecule has 0 bridgehead atoms. The molecular weight excluding hydrogens is 300 g/mol. The number of anilines is 1. The SMILES string of the molecule is CCCC[NH2+][C@H](CC(=O)Nc1ccc(OC)cc1OC)C(=O)[O-]. The predicted octanol–water partition coefficient (Wildman–Crippen LogP) is -0.486. The predicted molar refractivity (Wildman–Crippen MR) is 83.3 cm³/mol. The zero-order valence-electron chi connectivity index (χ0n) is 13.8. The zero-order chi connectivity index (χ0) is 17.2. The van der Waals surface area contributed by atoms with E-state index in [1.807, 2.05) is 6.92 Å². The van der Waals surface area contributed by atoms with Crippen LogP contribution >= 0.6 is 0 Å². The number of aliphatic carboxylic acids is 1. The van der Waals surface area contributed by atoms with E-state index in [1.54, 1.807) is 23.5 Å². The van der Waals surface area contributed by atoms with Crippen LogP contribution in [0.2, 0.25) is 0 Å². The number of amides is 1. The Hall–Kier alpha value is -2.28. The molecule has 3 N–H and O–H groups in total. The van der Waals surface area contributed by atoms with Gasteiger partial charge in [0, 0.05) is 6.07 Å². The van der Waals surface area contributed by atoms with Gasteiger partial charge < -0.3 is 30.0 Å². The monoisotopic (exact) mass is 324 g/mol. The fourth-order valence-electron chi connectivity index (χ4n) is 2.09. The van der Waals surface area contributed by atoms with Gasteiger partial charge in [0.1, 0.15) is 17.5 Å². The first-order valence-corrected chi connectivity index (χ1v) is 7.57. The van der Waals surface area contributed by atoms with Crippen molar-refractivity contribution in [3.8, 4) is 11.5 Å². The van der Waals surface area contributed by atoms with Gasteiger partial charge in [-0.15, -0.1) is 0 Å². The van der Waals surface area contributed by atoms with Crippen LogP contribution in [0.1, 0.15) is 26.2 Å². The van der Waals surface area contributed by atoms with E-state index in [9.17, 15) is 14.7 Å². The first-order valence-electron chi connectivity index (χ1n) is 7.57. The highest BCUT2D eigenvalue weighted by molar-refractivity contribution is 5.94. The molecule has 7 heteroatoms. The van der Waals surface area contributed by atoms with Gasteiger partial charge in [0.25, 0.3) is 0 Å². The molecule has 7 nitrogen and oxygen atoms in total. The Morgan fingerprint density at radius 3 is 2.61 bits per heavy atom. The summed E-state index contributed by atoms with van der Waals surface area (Å²) in [7, 11) is 3.01. The van der Waals surface area contributed by atoms with Crippen LogP contribution in [0.3, 0.4) is 0 Å². The maximum atomic E-state index is 12.1. The number of hydrogen-bond acceptors (Lipinski definition) is 5. The van der Waals surface area contributed by atoms with Crippen LogP contribution < -0.4 is 25.2 Å². The molecule has 0 aliphatic heterocycles. The van der Waals surface area contributed by atoms with Gasteiger partial charge in [-0.05, 0) is 18.6 Å². The first-order chi connectivity index (χ1) is 11.0. The van der Waals surface area contributed by atoms with Crippen LogP contribution in [0.5, 0.6) is 11.5 Å². The molecular formula is C16H24N2O5. The van der Waals surface area contributed by atoms with E-state index < -0.39 is 17.9 Å². The third-order valence-corrected chi connectivity index (χ3v) is 3.40. The van der Waals surface area contributed by atoms with Crippen molar-refractivity contribution in [2.45, 2.75) is 32.2 Å². The summed E-state index contributed by atoms with van der Waals surface area (Å²) in [5.74, 6) is -0.605. The third-order valence-electron chi connectivity index (χ3n) is 3.40. The number of ether oxygens (including phenoxy) is 2. The summed E-state index contributed by atoms with van der Waals surface area (Å²) in [5.41, 5.74) is 0.462. The van der Waals surface area contributed by atoms with Gasteiger partial charge in [-0.25, -0.2) is 0 Å². The normalized spacial score (nSPS) is 11.6. The van der Waals surface area contributed by atoms with Crippen LogP contribution in [0.4, 0.5) is 5.69 Å². The van der Waals surface area contributed by atoms with Gasteiger partial charge in [-0.2, -0.15) is 0 Å². The van der Waals surface area contributed by atoms with Crippen molar-refractivity contribution >= 4 is 17.6 Å². The number of nitrogens with two attached hydrogens (primary N) is 1. The summed E-state index contributed by atoms with van der Waals surface area (Å²) in [5, 5.41) is 15.4. The number of unbranched alkanes of at least 4 members (excludes halogenated alkanes) is 1. The Morgan fingerprint density at radius 1 is 1.30 bits per heavy atom. The molecule has 1 atom stereocenters. The molecule has 0 unspecified atom stereocenters. The average molecular weight is 324 g/mol. The molecule has 1 aromatic rings. The van der Waals surface area contributed by atoms with E-state index in [1.165, 1.54) is 14.2 Å². The Morgan fingerprint density at radius 2 is 2.04 bits per heavy atom. The van der Waals surface area contributed by atoms with Crippen LogP contribution in [0, 0.1) is 0 Å². The molecule has 128 valence electrons. The van der Waals surface area contributed by atoms with Gasteiger partial charge >= 0.3 is 0 Å². The van der Waals surface area contributed by atoms with Gasteiger partial charge in [-0.3, -0.25) is 4.79 Å². The van der Waals surface area contributed by atoms with Crippen molar-refractivity contribution in [2.75, 3.05) is 26.1 Å². The van der Waals surface area contributed by atoms with Crippen molar-refractivity contribution < 1.29 is 29.5 Å². The molecule has 0 fully saturated rings. The molecule has 0 aliphatic rings. The Balaban J connectivity index is 2.68. The highest BCUT2D eigenvalue weighted by Crippen LogP contribution is 2.29. The Kier molecular flexibility index (Phi) is 7.90. The topological polar surface area (TPSA) is 104 Å². The molecule has 0 aliphatic carbocycles. The molecule has 0 aromatic heterocycles. The standard InChI is InChI=1S/C16H24N2O5/c1-4-5-8-17-13(16(20)21)10-15(19)18-12-7-6-11(22-2)9-14(12)23-3/h6-7,9,13,17H,4-5,8,10H2,1-3H3,(H,18,19)(H,20,21)/t13-/m1/s1. The second-order valence-corrected chi connectivity index (χ2v) is 5.12. The molecule has 23 heavy (non-hydrogen) atoms. The van der Waals surface area contributed by atoms with E-state index in [0.29, 0.717) is 23.7 Å². The molecule has 0 radical (unpaired) electrons. The maximum Gasteiger partial charge on any atom is 0.230 e. The highest BCUT2D eigenvalue weighted by atomic mass is 16.5. The van der Waals surface area contributed by atoms with Crippen LogP contribution in [-0.2, 0) is 9.59 Å². The molecule has 1 aromatic carbocycles. The number of benzene rings is 1. The minimum Gasteiger partial charge on any atom is -0.544 e. The summed E-state index contributed by atoms with van der Waals surface area (Å²) in [6, 6.07) is 4.07. The fraction of sp³-hybridized carbons (Fsp3) is 0.500. The average Bonchev–Trinajstić information content (AvgIpc) is 2.54. The largest absolute Gasteiger partial charge is 0.544 e. The summed E-state index contributed by atoms with van der Waals surface area (Å²) >= 11 is 0. The van der Waals surface area contributed by atoms with Crippen LogP contribution in [0.15, 0.2) is 18.2 Å². The highest BCUT2D eigenvalue weighted by Gasteiger charge is 2.19. The first kappa shape index (κ1) is 18.8. The molecule has 0 saturated heterocycles. The van der Waals surface area contributed by atoms with Crippen LogP contribution in [-0.4, -0.2) is 38.7 Å². The number of carbonyl (C=O) groups excluding carboxylic acids is 2. The molecule has 0 saturated carbocycles. The summed E-state index contributed by atoms with van der Waals surface area (Å²) in [6.45, 7) is 2.67. The number of carboxylic acids is 1. The number of carboxylic acid groups (broad SMARTS) is 1. The summed E-state index contributed by atoms with van der Waals surface area (Å²) < 4.78 is 10.3. The number of carbonyl (C=O) groups is 2. The number of quaternary nitrogens is 1. The van der Waals surface area contributed by atoms with Gasteiger partial charge in [0.05, 0.1) is 38.8 Å². The number of methoxy groups -OCH3 is 2. The van der Waals surface area contributed by atoms with Gasteiger partial charge in [0.15, 0.2) is 0 Å². The maximum absolute atomic E-state index is 12.1. The second-order valence-electron chi connectivity index (χ2n) is 5.12. The van der Waals surface area contributed by atoms with E-state index in [4.69, 9.17) is 9.47 Å². The van der Waals surface area contributed by atoms with Crippen LogP contribution in [0.25, 0.3) is 0 Å². The lowest BCUT2D eigenvalue weighted by atomic mass is 10.1. The number of hydrogen-bond donors (Lipinski definition) is 2. The zero-order valence-corrected chi connectivity index (χ0v) is 13.8. The van der Waals surface area contributed by atoms with Crippen molar-refractivity contribution in [1.29, 1.82) is 0 Å². The van der Waals surface area contributed by atoms with Crippen molar-refractivity contribution in [2.24, 2.45) is 0 Å². The Bertz CT molecular complexity index is 533. The smallest absolute Gasteiger partial charge is 0.230 e. The van der Waals surface area contributed by atoms with E-state index in [-0.39, 0.29) is 6.42 Å². The summed E-state index contributed by atoms with van der Waals surface area (Å²) in [6.07, 6.45) is 1.68. The van der Waals surface area contributed by atoms with E-state index in [0.717, 1.165) is 12.8 Å². The molecule has 1 rings (SSSR count). The lowest BCUT2D eigenvalue weighted by Gasteiger charge is -2.17. The molecule has 0 spiro atoms. The third kappa shape index (κ3) is 6.15. The van der Waals surface area contributed by atoms with E-state index in [2.05, 4.69) is 5.32 Å². The lowest BCUT2D eigenvalue weighted by molar-refractivity contribution is -0.682. The van der Waals surface area contributed by atoms with Crippen molar-refractivity contribution in [3.63, 3.8) is 0 Å².